The molecular weight excluding hydrogens is 92.1 g/mol. The number of rotatable bonds is 3. The second-order valence-corrected chi connectivity index (χ2v) is 1.45. The second-order valence-electron chi connectivity index (χ2n) is 1.45. The van der Waals surface area contributed by atoms with Crippen LogP contribution in [0.25, 0.3) is 0 Å². The Bertz CT molecular complexity index is 40.7. The van der Waals surface area contributed by atoms with Gasteiger partial charge in [-0.25, -0.2) is 0 Å². The number of ether oxygens (including phenoxy) is 1. The molecule has 0 aliphatic heterocycles. The Hall–Kier alpha value is -0.120. The highest BCUT2D eigenvalue weighted by atomic mass is 16.5. The van der Waals surface area contributed by atoms with Gasteiger partial charge in [-0.1, -0.05) is 0 Å². The SMILES string of the molecule is COC(C)CNN. The van der Waals surface area contributed by atoms with Gasteiger partial charge in [0.15, 0.2) is 0 Å². The van der Waals surface area contributed by atoms with Crippen molar-refractivity contribution in [1.29, 1.82) is 0 Å². The molecule has 3 nitrogen and oxygen atoms in total. The van der Waals surface area contributed by atoms with Crippen LogP contribution in [0.5, 0.6) is 0 Å². The zero-order valence-electron chi connectivity index (χ0n) is 4.77. The van der Waals surface area contributed by atoms with Crippen LogP contribution in [0.15, 0.2) is 0 Å². The summed E-state index contributed by atoms with van der Waals surface area (Å²) in [6.07, 6.45) is 0.213. The van der Waals surface area contributed by atoms with Gasteiger partial charge >= 0.3 is 0 Å². The van der Waals surface area contributed by atoms with Crippen LogP contribution in [0.3, 0.4) is 0 Å². The summed E-state index contributed by atoms with van der Waals surface area (Å²) in [7, 11) is 1.65. The smallest absolute Gasteiger partial charge is 0.0681 e. The topological polar surface area (TPSA) is 47.3 Å². The lowest BCUT2D eigenvalue weighted by Gasteiger charge is -2.05. The van der Waals surface area contributed by atoms with Gasteiger partial charge in [-0.15, -0.1) is 0 Å². The van der Waals surface area contributed by atoms with E-state index in [0.717, 1.165) is 0 Å². The minimum absolute atomic E-state index is 0.213. The molecule has 0 bridgehead atoms. The first-order valence-electron chi connectivity index (χ1n) is 2.27. The summed E-state index contributed by atoms with van der Waals surface area (Å²) in [5.41, 5.74) is 2.49. The van der Waals surface area contributed by atoms with Crippen LogP contribution < -0.4 is 11.3 Å². The molecule has 0 aromatic rings. The quantitative estimate of drug-likeness (QED) is 0.374. The first-order valence-corrected chi connectivity index (χ1v) is 2.27. The molecule has 0 amide bonds. The molecule has 0 radical (unpaired) electrons. The van der Waals surface area contributed by atoms with Crippen LogP contribution in [0, 0.1) is 0 Å². The lowest BCUT2D eigenvalue weighted by Crippen LogP contribution is -2.31. The third-order valence-corrected chi connectivity index (χ3v) is 0.808. The molecule has 0 aliphatic carbocycles. The molecular formula is C4H12N2O. The molecule has 0 aliphatic rings. The van der Waals surface area contributed by atoms with Crippen molar-refractivity contribution in [2.24, 2.45) is 5.84 Å². The summed E-state index contributed by atoms with van der Waals surface area (Å²) in [5.74, 6) is 4.97. The van der Waals surface area contributed by atoms with Gasteiger partial charge in [0.25, 0.3) is 0 Å². The van der Waals surface area contributed by atoms with E-state index in [0.29, 0.717) is 6.54 Å². The Morgan fingerprint density at radius 1 is 1.86 bits per heavy atom. The lowest BCUT2D eigenvalue weighted by atomic mass is 10.4. The van der Waals surface area contributed by atoms with Gasteiger partial charge in [-0.3, -0.25) is 11.3 Å². The zero-order chi connectivity index (χ0) is 5.70. The van der Waals surface area contributed by atoms with Crippen LogP contribution in [-0.4, -0.2) is 19.8 Å². The Labute approximate surface area is 43.8 Å². The molecule has 0 rings (SSSR count). The lowest BCUT2D eigenvalue weighted by molar-refractivity contribution is 0.117. The van der Waals surface area contributed by atoms with E-state index in [-0.39, 0.29) is 6.10 Å². The predicted octanol–water partition coefficient (Wildman–Crippen LogP) is -0.515. The Morgan fingerprint density at radius 2 is 2.43 bits per heavy atom. The van der Waals surface area contributed by atoms with Gasteiger partial charge in [0.05, 0.1) is 6.10 Å². The molecule has 0 saturated heterocycles. The average Bonchev–Trinajstić information content (AvgIpc) is 1.68. The summed E-state index contributed by atoms with van der Waals surface area (Å²) >= 11 is 0. The van der Waals surface area contributed by atoms with Gasteiger partial charge in [0.1, 0.15) is 0 Å². The third kappa shape index (κ3) is 3.72. The van der Waals surface area contributed by atoms with Crippen LogP contribution >= 0.6 is 0 Å². The van der Waals surface area contributed by atoms with Crippen LogP contribution in [0.1, 0.15) is 6.92 Å². The van der Waals surface area contributed by atoms with Gasteiger partial charge < -0.3 is 4.74 Å². The largest absolute Gasteiger partial charge is 0.380 e. The number of nitrogens with two attached hydrogens (primary N) is 1. The highest BCUT2D eigenvalue weighted by molar-refractivity contribution is 4.46. The van der Waals surface area contributed by atoms with E-state index in [1.54, 1.807) is 7.11 Å². The van der Waals surface area contributed by atoms with E-state index >= 15 is 0 Å². The van der Waals surface area contributed by atoms with Crippen molar-refractivity contribution in [3.8, 4) is 0 Å². The van der Waals surface area contributed by atoms with Crippen LogP contribution in [-0.2, 0) is 4.74 Å². The van der Waals surface area contributed by atoms with Gasteiger partial charge in [-0.2, -0.15) is 0 Å². The number of hydrogen-bond donors (Lipinski definition) is 2. The highest BCUT2D eigenvalue weighted by Gasteiger charge is 1.92. The first-order chi connectivity index (χ1) is 3.31. The monoisotopic (exact) mass is 104 g/mol. The van der Waals surface area contributed by atoms with Crippen molar-refractivity contribution in [3.05, 3.63) is 0 Å². The van der Waals surface area contributed by atoms with E-state index in [1.165, 1.54) is 0 Å². The predicted molar refractivity (Wildman–Crippen MR) is 28.7 cm³/mol. The summed E-state index contributed by atoms with van der Waals surface area (Å²) in [4.78, 5) is 0. The van der Waals surface area contributed by atoms with Crippen LogP contribution in [0.2, 0.25) is 0 Å². The van der Waals surface area contributed by atoms with Crippen molar-refractivity contribution in [2.75, 3.05) is 13.7 Å². The molecule has 0 aromatic heterocycles. The number of hydrazine groups is 1. The maximum absolute atomic E-state index is 4.97. The molecule has 0 aromatic carbocycles. The van der Waals surface area contributed by atoms with Gasteiger partial charge in [-0.05, 0) is 6.92 Å². The van der Waals surface area contributed by atoms with Crippen molar-refractivity contribution in [2.45, 2.75) is 13.0 Å². The summed E-state index contributed by atoms with van der Waals surface area (Å²) in [5, 5.41) is 0. The molecule has 7 heavy (non-hydrogen) atoms. The van der Waals surface area contributed by atoms with E-state index in [4.69, 9.17) is 10.6 Å². The molecule has 0 saturated carbocycles. The fraction of sp³-hybridized carbons (Fsp3) is 1.00. The molecule has 44 valence electrons. The van der Waals surface area contributed by atoms with Gasteiger partial charge in [0.2, 0.25) is 0 Å². The fourth-order valence-corrected chi connectivity index (χ4v) is 0.249. The summed E-state index contributed by atoms with van der Waals surface area (Å²) in [6, 6.07) is 0. The molecule has 0 spiro atoms. The third-order valence-electron chi connectivity index (χ3n) is 0.808. The Kier molecular flexibility index (Phi) is 3.98. The van der Waals surface area contributed by atoms with E-state index in [2.05, 4.69) is 5.43 Å². The van der Waals surface area contributed by atoms with Crippen molar-refractivity contribution < 1.29 is 4.74 Å². The molecule has 1 atom stereocenters. The first kappa shape index (κ1) is 6.88. The second kappa shape index (κ2) is 4.05. The normalized spacial score (nSPS) is 14.1. The highest BCUT2D eigenvalue weighted by Crippen LogP contribution is 1.79. The molecule has 3 N–H and O–H groups in total. The minimum Gasteiger partial charge on any atom is -0.380 e. The van der Waals surface area contributed by atoms with E-state index in [9.17, 15) is 0 Å². The van der Waals surface area contributed by atoms with Gasteiger partial charge in [0, 0.05) is 13.7 Å². The molecule has 0 heterocycles. The molecule has 0 fully saturated rings. The fourth-order valence-electron chi connectivity index (χ4n) is 0.249. The van der Waals surface area contributed by atoms with Crippen LogP contribution in [0.4, 0.5) is 0 Å². The Balaban J connectivity index is 2.83. The zero-order valence-corrected chi connectivity index (χ0v) is 4.77. The van der Waals surface area contributed by atoms with E-state index in [1.807, 2.05) is 6.92 Å². The average molecular weight is 104 g/mol. The molecule has 1 unspecified atom stereocenters. The standard InChI is InChI=1S/C4H12N2O/c1-4(7-2)3-6-5/h4,6H,3,5H2,1-2H3. The van der Waals surface area contributed by atoms with E-state index < -0.39 is 0 Å². The van der Waals surface area contributed by atoms with Crippen molar-refractivity contribution in [3.63, 3.8) is 0 Å². The number of hydrogen-bond acceptors (Lipinski definition) is 3. The van der Waals surface area contributed by atoms with Crippen molar-refractivity contribution in [1.82, 2.24) is 5.43 Å². The maximum atomic E-state index is 4.97. The Morgan fingerprint density at radius 3 is 2.57 bits per heavy atom. The molecule has 3 heteroatoms. The summed E-state index contributed by atoms with van der Waals surface area (Å²) in [6.45, 7) is 2.65. The van der Waals surface area contributed by atoms with Crippen molar-refractivity contribution >= 4 is 0 Å². The maximum Gasteiger partial charge on any atom is 0.0681 e. The minimum atomic E-state index is 0.213. The number of methoxy groups -OCH3 is 1. The summed E-state index contributed by atoms with van der Waals surface area (Å²) < 4.78 is 4.85. The number of nitrogens with one attached hydrogen (secondary N) is 1.